The first kappa shape index (κ1) is 19.9. The average Bonchev–Trinajstić information content (AvgIpc) is 2.44. The summed E-state index contributed by atoms with van der Waals surface area (Å²) in [5, 5.41) is 1.86. The first-order chi connectivity index (χ1) is 10.8. The van der Waals surface area contributed by atoms with Crippen molar-refractivity contribution in [3.05, 3.63) is 35.9 Å². The predicted molar refractivity (Wildman–Crippen MR) is 96.1 cm³/mol. The topological polar surface area (TPSA) is 55.8 Å². The summed E-state index contributed by atoms with van der Waals surface area (Å²) in [6.07, 6.45) is 0.928. The molecule has 0 aliphatic carbocycles. The van der Waals surface area contributed by atoms with E-state index in [-0.39, 0.29) is 23.9 Å². The van der Waals surface area contributed by atoms with Crippen LogP contribution >= 0.6 is 12.4 Å². The lowest BCUT2D eigenvalue weighted by Gasteiger charge is -2.12. The van der Waals surface area contributed by atoms with Crippen LogP contribution in [0.3, 0.4) is 0 Å². The smallest absolute Gasteiger partial charge is 0.308 e. The summed E-state index contributed by atoms with van der Waals surface area (Å²) >= 11 is 0. The maximum atomic E-state index is 11.3. The molecule has 0 N–H and O–H groups in total. The third kappa shape index (κ3) is 5.51. The van der Waals surface area contributed by atoms with E-state index in [4.69, 9.17) is 9.47 Å². The summed E-state index contributed by atoms with van der Waals surface area (Å²) in [5.74, 6) is -0.409. The maximum Gasteiger partial charge on any atom is 0.308 e. The predicted octanol–water partition coefficient (Wildman–Crippen LogP) is 3.22. The minimum absolute atomic E-state index is 0. The second kappa shape index (κ2) is 8.66. The molecule has 0 heterocycles. The van der Waals surface area contributed by atoms with E-state index >= 15 is 0 Å². The molecule has 0 saturated carbocycles. The Labute approximate surface area is 147 Å². The fourth-order valence-electron chi connectivity index (χ4n) is 2.28. The third-order valence-electron chi connectivity index (χ3n) is 3.32. The van der Waals surface area contributed by atoms with Crippen molar-refractivity contribution >= 4 is 35.1 Å². The highest BCUT2D eigenvalue weighted by atomic mass is 35.5. The molecule has 0 fully saturated rings. The highest BCUT2D eigenvalue weighted by Gasteiger charge is 2.12. The average molecular weight is 352 g/mol. The molecule has 0 saturated heterocycles. The number of ether oxygens (including phenoxy) is 2. The Morgan fingerprint density at radius 3 is 1.96 bits per heavy atom. The van der Waals surface area contributed by atoms with Crippen molar-refractivity contribution in [2.45, 2.75) is 20.3 Å². The maximum absolute atomic E-state index is 11.3. The van der Waals surface area contributed by atoms with E-state index in [0.717, 1.165) is 23.7 Å². The van der Waals surface area contributed by atoms with Crippen LogP contribution < -0.4 is 9.47 Å². The van der Waals surface area contributed by atoms with Gasteiger partial charge in [-0.1, -0.05) is 18.2 Å². The molecule has 0 aliphatic rings. The molecule has 24 heavy (non-hydrogen) atoms. The Kier molecular flexibility index (Phi) is 7.19. The molecule has 6 heteroatoms. The molecule has 0 amide bonds. The standard InChI is InChI=1S/C18H21NO4.ClH/c1-12(20)22-17-10-15-6-5-14(7-8-19(3)4)9-16(15)11-18(17)23-13(2)21;/h5-6,9-11H,7-8H2,1-4H3;1H. The lowest BCUT2D eigenvalue weighted by atomic mass is 10.0. The van der Waals surface area contributed by atoms with Crippen LogP contribution in [-0.4, -0.2) is 37.5 Å². The van der Waals surface area contributed by atoms with Crippen molar-refractivity contribution in [3.63, 3.8) is 0 Å². The van der Waals surface area contributed by atoms with Gasteiger partial charge in [0.25, 0.3) is 0 Å². The number of rotatable bonds is 5. The van der Waals surface area contributed by atoms with Crippen molar-refractivity contribution in [1.29, 1.82) is 0 Å². The molecule has 2 aromatic rings. The van der Waals surface area contributed by atoms with Gasteiger partial charge in [0.05, 0.1) is 0 Å². The largest absolute Gasteiger partial charge is 0.423 e. The molecule has 2 rings (SSSR count). The van der Waals surface area contributed by atoms with E-state index in [1.165, 1.54) is 19.4 Å². The third-order valence-corrected chi connectivity index (χ3v) is 3.32. The van der Waals surface area contributed by atoms with Gasteiger partial charge >= 0.3 is 11.9 Å². The van der Waals surface area contributed by atoms with Gasteiger partial charge in [-0.2, -0.15) is 0 Å². The first-order valence-corrected chi connectivity index (χ1v) is 7.43. The molecule has 2 aromatic carbocycles. The molecule has 0 atom stereocenters. The lowest BCUT2D eigenvalue weighted by Crippen LogP contribution is -2.14. The van der Waals surface area contributed by atoms with Crippen LogP contribution in [0.25, 0.3) is 10.8 Å². The van der Waals surface area contributed by atoms with E-state index in [2.05, 4.69) is 17.0 Å². The van der Waals surface area contributed by atoms with Gasteiger partial charge in [-0.15, -0.1) is 12.4 Å². The summed E-state index contributed by atoms with van der Waals surface area (Å²) in [5.41, 5.74) is 1.19. The fourth-order valence-corrected chi connectivity index (χ4v) is 2.28. The Bertz CT molecular complexity index is 743. The number of carbonyl (C=O) groups excluding carboxylic acids is 2. The van der Waals surface area contributed by atoms with Crippen LogP contribution in [0, 0.1) is 0 Å². The summed E-state index contributed by atoms with van der Waals surface area (Å²) in [6.45, 7) is 3.58. The summed E-state index contributed by atoms with van der Waals surface area (Å²) < 4.78 is 10.3. The van der Waals surface area contributed by atoms with Crippen LogP contribution in [0.15, 0.2) is 30.3 Å². The SMILES string of the molecule is CC(=O)Oc1cc2ccc(CCN(C)C)cc2cc1OC(C)=O.Cl. The lowest BCUT2D eigenvalue weighted by molar-refractivity contribution is -0.134. The zero-order valence-electron chi connectivity index (χ0n) is 14.3. The van der Waals surface area contributed by atoms with E-state index < -0.39 is 11.9 Å². The van der Waals surface area contributed by atoms with Crippen molar-refractivity contribution in [2.75, 3.05) is 20.6 Å². The van der Waals surface area contributed by atoms with Crippen molar-refractivity contribution < 1.29 is 19.1 Å². The second-order valence-electron chi connectivity index (χ2n) is 5.72. The van der Waals surface area contributed by atoms with E-state index in [9.17, 15) is 9.59 Å². The zero-order chi connectivity index (χ0) is 17.0. The molecule has 0 radical (unpaired) electrons. The Hall–Kier alpha value is -2.11. The number of nitrogens with zero attached hydrogens (tertiary/aromatic N) is 1. The number of hydrogen-bond acceptors (Lipinski definition) is 5. The zero-order valence-corrected chi connectivity index (χ0v) is 15.1. The van der Waals surface area contributed by atoms with Crippen molar-refractivity contribution in [3.8, 4) is 11.5 Å². The van der Waals surface area contributed by atoms with E-state index in [1.54, 1.807) is 12.1 Å². The van der Waals surface area contributed by atoms with Crippen LogP contribution in [0.2, 0.25) is 0 Å². The number of hydrogen-bond donors (Lipinski definition) is 0. The highest BCUT2D eigenvalue weighted by molar-refractivity contribution is 5.88. The minimum atomic E-state index is -0.458. The normalized spacial score (nSPS) is 10.4. The fraction of sp³-hybridized carbons (Fsp3) is 0.333. The van der Waals surface area contributed by atoms with Gasteiger partial charge < -0.3 is 14.4 Å². The summed E-state index contributed by atoms with van der Waals surface area (Å²) in [7, 11) is 4.07. The van der Waals surface area contributed by atoms with Crippen molar-refractivity contribution in [2.24, 2.45) is 0 Å². The van der Waals surface area contributed by atoms with Crippen LogP contribution in [0.5, 0.6) is 11.5 Å². The summed E-state index contributed by atoms with van der Waals surface area (Å²) in [4.78, 5) is 24.6. The molecule has 0 aliphatic heterocycles. The Balaban J connectivity index is 0.00000288. The van der Waals surface area contributed by atoms with Gasteiger partial charge in [-0.3, -0.25) is 9.59 Å². The van der Waals surface area contributed by atoms with E-state index in [0.29, 0.717) is 0 Å². The number of carbonyl (C=O) groups is 2. The minimum Gasteiger partial charge on any atom is -0.423 e. The second-order valence-corrected chi connectivity index (χ2v) is 5.72. The Morgan fingerprint density at radius 1 is 0.917 bits per heavy atom. The van der Waals surface area contributed by atoms with Gasteiger partial charge in [-0.25, -0.2) is 0 Å². The van der Waals surface area contributed by atoms with Gasteiger partial charge in [0.1, 0.15) is 0 Å². The molecule has 0 unspecified atom stereocenters. The van der Waals surface area contributed by atoms with E-state index in [1.807, 2.05) is 20.2 Å². The molecule has 0 aromatic heterocycles. The first-order valence-electron chi connectivity index (χ1n) is 7.43. The number of benzene rings is 2. The molecular formula is C18H22ClNO4. The summed E-state index contributed by atoms with van der Waals surface area (Å²) in [6, 6.07) is 9.53. The van der Waals surface area contributed by atoms with Gasteiger partial charge in [-0.05, 0) is 49.0 Å². The van der Waals surface area contributed by atoms with Gasteiger partial charge in [0.2, 0.25) is 0 Å². The van der Waals surface area contributed by atoms with Crippen LogP contribution in [-0.2, 0) is 16.0 Å². The molecular weight excluding hydrogens is 330 g/mol. The number of fused-ring (bicyclic) bond motifs is 1. The quantitative estimate of drug-likeness (QED) is 0.611. The monoisotopic (exact) mass is 351 g/mol. The highest BCUT2D eigenvalue weighted by Crippen LogP contribution is 2.33. The molecule has 0 bridgehead atoms. The number of likely N-dealkylation sites (N-methyl/N-ethyl adjacent to an activating group) is 1. The number of halogens is 1. The molecule has 0 spiro atoms. The van der Waals surface area contributed by atoms with Gasteiger partial charge in [0.15, 0.2) is 11.5 Å². The Morgan fingerprint density at radius 2 is 1.46 bits per heavy atom. The van der Waals surface area contributed by atoms with Crippen molar-refractivity contribution in [1.82, 2.24) is 4.90 Å². The number of esters is 2. The van der Waals surface area contributed by atoms with Crippen LogP contribution in [0.4, 0.5) is 0 Å². The molecule has 130 valence electrons. The van der Waals surface area contributed by atoms with Gasteiger partial charge in [0, 0.05) is 20.4 Å². The van der Waals surface area contributed by atoms with Crippen LogP contribution in [0.1, 0.15) is 19.4 Å². The molecule has 5 nitrogen and oxygen atoms in total.